The molecule has 0 radical (unpaired) electrons. The molecule has 0 nitrogen and oxygen atoms in total. The summed E-state index contributed by atoms with van der Waals surface area (Å²) in [6.45, 7) is 13.9. The molecular weight excluding hydrogens is 645 g/mol. The van der Waals surface area contributed by atoms with Gasteiger partial charge in [-0.25, -0.2) is 0 Å². The fourth-order valence-corrected chi connectivity index (χ4v) is 6.91. The molecule has 0 heterocycles. The molecule has 0 saturated heterocycles. The minimum Gasteiger partial charge on any atom is -0.0833 e. The number of halogens is 4. The Labute approximate surface area is 209 Å². The Kier molecular flexibility index (Phi) is 8.53. The van der Waals surface area contributed by atoms with Crippen molar-refractivity contribution in [3.8, 4) is 11.1 Å². The fourth-order valence-electron chi connectivity index (χ4n) is 2.73. The van der Waals surface area contributed by atoms with E-state index < -0.39 is 16.1 Å². The van der Waals surface area contributed by atoms with Gasteiger partial charge in [-0.3, -0.25) is 0 Å². The maximum Gasteiger partial charge on any atom is 0.0874 e. The lowest BCUT2D eigenvalue weighted by Gasteiger charge is -2.22. The van der Waals surface area contributed by atoms with Crippen LogP contribution in [0, 0.1) is 0 Å². The minimum atomic E-state index is -1.53. The highest BCUT2D eigenvalue weighted by atomic mass is 127. The van der Waals surface area contributed by atoms with Crippen LogP contribution in [0.2, 0.25) is 39.3 Å². The Bertz CT molecular complexity index is 868. The Morgan fingerprint density at radius 3 is 1.39 bits per heavy atom. The summed E-state index contributed by atoms with van der Waals surface area (Å²) >= 11 is 18.9. The van der Waals surface area contributed by atoms with Gasteiger partial charge in [0.15, 0.2) is 0 Å². The fraction of sp³-hybridized carbons (Fsp3) is 0.273. The zero-order valence-electron chi connectivity index (χ0n) is 17.1. The van der Waals surface area contributed by atoms with E-state index in [0.717, 1.165) is 32.3 Å². The molecular formula is C22H26Cl2I2Si2. The van der Waals surface area contributed by atoms with Crippen molar-refractivity contribution in [1.29, 1.82) is 0 Å². The zero-order chi connectivity index (χ0) is 21.3. The predicted octanol–water partition coefficient (Wildman–Crippen LogP) is 9.79. The summed E-state index contributed by atoms with van der Waals surface area (Å²) in [6, 6.07) is 16.8. The molecule has 0 N–H and O–H groups in total. The summed E-state index contributed by atoms with van der Waals surface area (Å²) in [4.78, 5) is 0. The van der Waals surface area contributed by atoms with Gasteiger partial charge in [-0.15, -0.1) is 0 Å². The molecule has 150 valence electrons. The monoisotopic (exact) mass is 670 g/mol. The molecule has 0 fully saturated rings. The summed E-state index contributed by atoms with van der Waals surface area (Å²) in [7, 11) is -3.06. The van der Waals surface area contributed by atoms with Crippen LogP contribution in [0.25, 0.3) is 21.2 Å². The van der Waals surface area contributed by atoms with Crippen LogP contribution < -0.4 is 0 Å². The van der Waals surface area contributed by atoms with Crippen molar-refractivity contribution in [2.45, 2.75) is 39.3 Å². The van der Waals surface area contributed by atoms with Gasteiger partial charge in [0, 0.05) is 11.1 Å². The summed E-state index contributed by atoms with van der Waals surface area (Å²) in [5.41, 5.74) is 4.40. The van der Waals surface area contributed by atoms with Gasteiger partial charge >= 0.3 is 0 Å². The molecule has 28 heavy (non-hydrogen) atoms. The molecule has 0 spiro atoms. The lowest BCUT2D eigenvalue weighted by Crippen LogP contribution is -2.21. The van der Waals surface area contributed by atoms with Gasteiger partial charge in [-0.05, 0) is 17.5 Å². The average molecular weight is 671 g/mol. The van der Waals surface area contributed by atoms with Crippen LogP contribution in [-0.2, 0) is 0 Å². The van der Waals surface area contributed by atoms with Crippen molar-refractivity contribution in [1.82, 2.24) is 0 Å². The second kappa shape index (κ2) is 9.68. The first-order valence-corrected chi connectivity index (χ1v) is 19.1. The molecule has 0 aliphatic carbocycles. The summed E-state index contributed by atoms with van der Waals surface area (Å²) < 4.78 is 2.56. The molecule has 2 aromatic carbocycles. The van der Waals surface area contributed by atoms with Crippen molar-refractivity contribution in [2.75, 3.05) is 0 Å². The largest absolute Gasteiger partial charge is 0.0874 e. The van der Waals surface area contributed by atoms with Gasteiger partial charge in [0.25, 0.3) is 0 Å². The highest BCUT2D eigenvalue weighted by molar-refractivity contribution is 14.1. The Balaban J connectivity index is 2.91. The molecule has 2 rings (SSSR count). The molecule has 6 heteroatoms. The normalized spacial score (nSPS) is 14.5. The van der Waals surface area contributed by atoms with Crippen LogP contribution in [0.15, 0.2) is 54.9 Å². The third kappa shape index (κ3) is 5.75. The first-order valence-electron chi connectivity index (χ1n) is 9.16. The molecule has 0 bridgehead atoms. The first-order chi connectivity index (χ1) is 12.9. The molecule has 0 aliphatic rings. The lowest BCUT2D eigenvalue weighted by molar-refractivity contribution is 1.55. The minimum absolute atomic E-state index is 0.855. The zero-order valence-corrected chi connectivity index (χ0v) is 25.0. The van der Waals surface area contributed by atoms with Crippen molar-refractivity contribution in [2.24, 2.45) is 0 Å². The number of hydrogen-bond donors (Lipinski definition) is 0. The third-order valence-electron chi connectivity index (χ3n) is 4.30. The molecule has 0 aromatic heterocycles. The van der Waals surface area contributed by atoms with Gasteiger partial charge in [-0.1, -0.05) is 156 Å². The van der Waals surface area contributed by atoms with Crippen molar-refractivity contribution in [3.63, 3.8) is 0 Å². The van der Waals surface area contributed by atoms with E-state index in [-0.39, 0.29) is 0 Å². The van der Waals surface area contributed by atoms with Crippen LogP contribution >= 0.6 is 68.4 Å². The Morgan fingerprint density at radius 2 is 1.04 bits per heavy atom. The standard InChI is InChI=1S/C22H26Cl2I2Si2/c1-27(2,3)21(25)19(23)16-13-10-14-17(20(24)22(26)28(4,5)6)18(16)15-11-8-7-9-12-15/h7-14H,1-6H3/b21-19+,22-20+. The van der Waals surface area contributed by atoms with E-state index in [1.807, 2.05) is 6.07 Å². The van der Waals surface area contributed by atoms with Gasteiger partial charge < -0.3 is 0 Å². The van der Waals surface area contributed by atoms with Crippen LogP contribution in [0.3, 0.4) is 0 Å². The Hall–Kier alpha value is 0.394. The van der Waals surface area contributed by atoms with Crippen molar-refractivity contribution < 1.29 is 0 Å². The molecule has 0 aliphatic heterocycles. The second-order valence-electron chi connectivity index (χ2n) is 8.85. The maximum atomic E-state index is 7.00. The molecule has 0 unspecified atom stereocenters. The third-order valence-corrected chi connectivity index (χ3v) is 20.0. The number of hydrogen-bond acceptors (Lipinski definition) is 0. The molecule has 2 aromatic rings. The van der Waals surface area contributed by atoms with Crippen molar-refractivity contribution in [3.05, 3.63) is 66.1 Å². The van der Waals surface area contributed by atoms with Crippen LogP contribution in [-0.4, -0.2) is 16.1 Å². The van der Waals surface area contributed by atoms with Gasteiger partial charge in [0.05, 0.1) is 26.2 Å². The predicted molar refractivity (Wildman–Crippen MR) is 152 cm³/mol. The molecule has 0 atom stereocenters. The van der Waals surface area contributed by atoms with E-state index in [9.17, 15) is 0 Å². The van der Waals surface area contributed by atoms with E-state index in [0.29, 0.717) is 0 Å². The smallest absolute Gasteiger partial charge is 0.0833 e. The van der Waals surface area contributed by atoms with Crippen LogP contribution in [0.1, 0.15) is 11.1 Å². The highest BCUT2D eigenvalue weighted by Gasteiger charge is 2.26. The van der Waals surface area contributed by atoms with E-state index >= 15 is 0 Å². The topological polar surface area (TPSA) is 0 Å². The van der Waals surface area contributed by atoms with Crippen molar-refractivity contribution >= 4 is 94.6 Å². The average Bonchev–Trinajstić information content (AvgIpc) is 2.64. The van der Waals surface area contributed by atoms with E-state index in [1.54, 1.807) is 0 Å². The molecule has 0 amide bonds. The summed E-state index contributed by atoms with van der Waals surface area (Å²) in [6.07, 6.45) is 0. The summed E-state index contributed by atoms with van der Waals surface area (Å²) in [5, 5.41) is 1.71. The van der Waals surface area contributed by atoms with Gasteiger partial charge in [0.2, 0.25) is 0 Å². The van der Waals surface area contributed by atoms with Gasteiger partial charge in [-0.2, -0.15) is 0 Å². The van der Waals surface area contributed by atoms with Crippen LogP contribution in [0.5, 0.6) is 0 Å². The summed E-state index contributed by atoms with van der Waals surface area (Å²) in [5.74, 6) is 0. The first kappa shape index (κ1) is 24.7. The maximum absolute atomic E-state index is 7.00. The molecule has 0 saturated carbocycles. The highest BCUT2D eigenvalue weighted by Crippen LogP contribution is 2.44. The van der Waals surface area contributed by atoms with Gasteiger partial charge in [0.1, 0.15) is 0 Å². The van der Waals surface area contributed by atoms with E-state index in [1.165, 1.54) is 6.41 Å². The van der Waals surface area contributed by atoms with E-state index in [4.69, 9.17) is 23.2 Å². The van der Waals surface area contributed by atoms with E-state index in [2.05, 4.69) is 127 Å². The quantitative estimate of drug-likeness (QED) is 0.220. The number of benzene rings is 2. The Morgan fingerprint density at radius 1 is 0.643 bits per heavy atom. The SMILES string of the molecule is C[Si](C)(C)/C(I)=C(/Cl)c1cccc(/C(Cl)=C(/I)[Si](C)(C)C)c1-c1ccccc1. The lowest BCUT2D eigenvalue weighted by atomic mass is 9.94. The van der Waals surface area contributed by atoms with Crippen LogP contribution in [0.4, 0.5) is 0 Å². The number of rotatable bonds is 5. The second-order valence-corrected chi connectivity index (χ2v) is 23.8.